The molecule has 0 aliphatic heterocycles. The van der Waals surface area contributed by atoms with Gasteiger partial charge in [0.25, 0.3) is 0 Å². The van der Waals surface area contributed by atoms with Crippen LogP contribution in [0.3, 0.4) is 0 Å². The van der Waals surface area contributed by atoms with Gasteiger partial charge in [-0.2, -0.15) is 5.10 Å². The molecule has 0 atom stereocenters. The van der Waals surface area contributed by atoms with Crippen molar-refractivity contribution < 1.29 is 9.90 Å². The molecule has 92 valence electrons. The van der Waals surface area contributed by atoms with Gasteiger partial charge < -0.3 is 5.11 Å². The molecule has 1 heterocycles. The molecular formula is C14H14N2O2. The maximum Gasteiger partial charge on any atom is 0.339 e. The molecule has 0 amide bonds. The Morgan fingerprint density at radius 3 is 2.56 bits per heavy atom. The van der Waals surface area contributed by atoms with Crippen molar-refractivity contribution >= 4 is 5.97 Å². The lowest BCUT2D eigenvalue weighted by Crippen LogP contribution is -2.17. The van der Waals surface area contributed by atoms with Crippen molar-refractivity contribution in [2.75, 3.05) is 0 Å². The van der Waals surface area contributed by atoms with Gasteiger partial charge in [0.1, 0.15) is 5.56 Å². The SMILES string of the molecule is Cn1ncc(C(=O)O)c1C1(c2ccccc2)CC1. The van der Waals surface area contributed by atoms with E-state index >= 15 is 0 Å². The second-order valence-corrected chi connectivity index (χ2v) is 4.78. The highest BCUT2D eigenvalue weighted by atomic mass is 16.4. The van der Waals surface area contributed by atoms with E-state index in [9.17, 15) is 9.90 Å². The normalized spacial score (nSPS) is 16.5. The van der Waals surface area contributed by atoms with E-state index in [4.69, 9.17) is 0 Å². The molecule has 0 bridgehead atoms. The number of aryl methyl sites for hydroxylation is 1. The Balaban J connectivity index is 2.16. The first-order valence-electron chi connectivity index (χ1n) is 5.96. The average molecular weight is 242 g/mol. The number of nitrogens with zero attached hydrogens (tertiary/aromatic N) is 2. The maximum atomic E-state index is 11.3. The Kier molecular flexibility index (Phi) is 2.26. The summed E-state index contributed by atoms with van der Waals surface area (Å²) in [6, 6.07) is 10.1. The number of rotatable bonds is 3. The number of hydrogen-bond acceptors (Lipinski definition) is 2. The van der Waals surface area contributed by atoms with E-state index in [1.165, 1.54) is 11.8 Å². The molecule has 1 saturated carbocycles. The van der Waals surface area contributed by atoms with Gasteiger partial charge in [0.2, 0.25) is 0 Å². The number of carboxylic acid groups (broad SMARTS) is 1. The molecule has 18 heavy (non-hydrogen) atoms. The molecular weight excluding hydrogens is 228 g/mol. The van der Waals surface area contributed by atoms with Crippen molar-refractivity contribution in [1.29, 1.82) is 0 Å². The number of aromatic carboxylic acids is 1. The summed E-state index contributed by atoms with van der Waals surface area (Å²) in [5.74, 6) is -0.902. The smallest absolute Gasteiger partial charge is 0.339 e. The van der Waals surface area contributed by atoms with Gasteiger partial charge in [-0.25, -0.2) is 4.79 Å². The van der Waals surface area contributed by atoms with Gasteiger partial charge in [0.15, 0.2) is 0 Å². The van der Waals surface area contributed by atoms with Crippen LogP contribution >= 0.6 is 0 Å². The number of aromatic nitrogens is 2. The maximum absolute atomic E-state index is 11.3. The fourth-order valence-electron chi connectivity index (χ4n) is 2.71. The van der Waals surface area contributed by atoms with Gasteiger partial charge in [0.05, 0.1) is 11.9 Å². The predicted molar refractivity (Wildman–Crippen MR) is 66.6 cm³/mol. The molecule has 1 aliphatic rings. The van der Waals surface area contributed by atoms with Crippen LogP contribution in [0.15, 0.2) is 36.5 Å². The minimum atomic E-state index is -0.902. The highest BCUT2D eigenvalue weighted by Gasteiger charge is 2.50. The zero-order valence-electron chi connectivity index (χ0n) is 10.1. The molecule has 1 aromatic carbocycles. The molecule has 1 aromatic heterocycles. The van der Waals surface area contributed by atoms with Crippen LogP contribution in [0, 0.1) is 0 Å². The number of carboxylic acids is 1. The summed E-state index contributed by atoms with van der Waals surface area (Å²) in [6.07, 6.45) is 3.41. The van der Waals surface area contributed by atoms with Crippen LogP contribution in [-0.4, -0.2) is 20.9 Å². The van der Waals surface area contributed by atoms with Crippen LogP contribution in [0.25, 0.3) is 0 Å². The summed E-state index contributed by atoms with van der Waals surface area (Å²) in [4.78, 5) is 11.3. The van der Waals surface area contributed by atoms with E-state index in [-0.39, 0.29) is 5.41 Å². The summed E-state index contributed by atoms with van der Waals surface area (Å²) >= 11 is 0. The molecule has 0 unspecified atom stereocenters. The average Bonchev–Trinajstić information content (AvgIpc) is 3.08. The Hall–Kier alpha value is -2.10. The third kappa shape index (κ3) is 1.45. The molecule has 1 N–H and O–H groups in total. The van der Waals surface area contributed by atoms with Crippen molar-refractivity contribution in [2.45, 2.75) is 18.3 Å². The first kappa shape index (κ1) is 11.0. The minimum absolute atomic E-state index is 0.153. The van der Waals surface area contributed by atoms with Crippen LogP contribution in [0.5, 0.6) is 0 Å². The van der Waals surface area contributed by atoms with Crippen molar-refractivity contribution in [2.24, 2.45) is 7.05 Å². The van der Waals surface area contributed by atoms with Gasteiger partial charge in [0, 0.05) is 12.5 Å². The lowest BCUT2D eigenvalue weighted by atomic mass is 9.90. The molecule has 0 spiro atoms. The monoisotopic (exact) mass is 242 g/mol. The molecule has 0 radical (unpaired) electrons. The van der Waals surface area contributed by atoms with Gasteiger partial charge in [-0.1, -0.05) is 30.3 Å². The summed E-state index contributed by atoms with van der Waals surface area (Å²) in [6.45, 7) is 0. The van der Waals surface area contributed by atoms with Crippen molar-refractivity contribution in [3.05, 3.63) is 53.3 Å². The fourth-order valence-corrected chi connectivity index (χ4v) is 2.71. The van der Waals surface area contributed by atoms with Gasteiger partial charge in [-0.15, -0.1) is 0 Å². The Labute approximate surface area is 105 Å². The van der Waals surface area contributed by atoms with Crippen LogP contribution in [0.2, 0.25) is 0 Å². The minimum Gasteiger partial charge on any atom is -0.478 e. The second kappa shape index (κ2) is 3.70. The molecule has 0 saturated heterocycles. The lowest BCUT2D eigenvalue weighted by molar-refractivity contribution is 0.0695. The lowest BCUT2D eigenvalue weighted by Gasteiger charge is -2.17. The topological polar surface area (TPSA) is 55.1 Å². The Morgan fingerprint density at radius 1 is 1.33 bits per heavy atom. The van der Waals surface area contributed by atoms with Crippen molar-refractivity contribution in [1.82, 2.24) is 9.78 Å². The van der Waals surface area contributed by atoms with Crippen LogP contribution in [-0.2, 0) is 12.5 Å². The van der Waals surface area contributed by atoms with Crippen LogP contribution in [0.4, 0.5) is 0 Å². The number of carbonyl (C=O) groups is 1. The Bertz CT molecular complexity index is 598. The van der Waals surface area contributed by atoms with E-state index in [1.54, 1.807) is 4.68 Å². The van der Waals surface area contributed by atoms with Gasteiger partial charge in [-0.3, -0.25) is 4.68 Å². The zero-order chi connectivity index (χ0) is 12.8. The van der Waals surface area contributed by atoms with E-state index in [2.05, 4.69) is 17.2 Å². The molecule has 4 heteroatoms. The first-order valence-corrected chi connectivity index (χ1v) is 5.96. The van der Waals surface area contributed by atoms with E-state index in [0.717, 1.165) is 18.5 Å². The molecule has 1 aliphatic carbocycles. The third-order valence-corrected chi connectivity index (χ3v) is 3.70. The van der Waals surface area contributed by atoms with Crippen molar-refractivity contribution in [3.8, 4) is 0 Å². The van der Waals surface area contributed by atoms with Gasteiger partial charge in [-0.05, 0) is 18.4 Å². The van der Waals surface area contributed by atoms with E-state index in [1.807, 2.05) is 25.2 Å². The molecule has 4 nitrogen and oxygen atoms in total. The molecule has 3 rings (SSSR count). The summed E-state index contributed by atoms with van der Waals surface area (Å²) in [5, 5.41) is 13.4. The van der Waals surface area contributed by atoms with E-state index in [0.29, 0.717) is 5.56 Å². The standard InChI is InChI=1S/C14H14N2O2/c1-16-12(11(9-15-16)13(17)18)14(7-8-14)10-5-3-2-4-6-10/h2-6,9H,7-8H2,1H3,(H,17,18). The summed E-state index contributed by atoms with van der Waals surface area (Å²) in [7, 11) is 1.81. The van der Waals surface area contributed by atoms with Crippen molar-refractivity contribution in [3.63, 3.8) is 0 Å². The van der Waals surface area contributed by atoms with Gasteiger partial charge >= 0.3 is 5.97 Å². The predicted octanol–water partition coefficient (Wildman–Crippen LogP) is 2.20. The largest absolute Gasteiger partial charge is 0.478 e. The van der Waals surface area contributed by atoms with E-state index < -0.39 is 5.97 Å². The second-order valence-electron chi connectivity index (χ2n) is 4.78. The fraction of sp³-hybridized carbons (Fsp3) is 0.286. The van der Waals surface area contributed by atoms with Crippen LogP contribution in [0.1, 0.15) is 34.5 Å². The third-order valence-electron chi connectivity index (χ3n) is 3.70. The molecule has 1 fully saturated rings. The van der Waals surface area contributed by atoms with Crippen LogP contribution < -0.4 is 0 Å². The number of hydrogen-bond donors (Lipinski definition) is 1. The Morgan fingerprint density at radius 2 is 2.00 bits per heavy atom. The highest BCUT2D eigenvalue weighted by Crippen LogP contribution is 2.54. The first-order chi connectivity index (χ1) is 8.65. The molecule has 2 aromatic rings. The highest BCUT2D eigenvalue weighted by molar-refractivity contribution is 5.89. The zero-order valence-corrected chi connectivity index (χ0v) is 10.1. The quantitative estimate of drug-likeness (QED) is 0.897. The number of benzene rings is 1. The summed E-state index contributed by atoms with van der Waals surface area (Å²) < 4.78 is 1.70. The summed E-state index contributed by atoms with van der Waals surface area (Å²) in [5.41, 5.74) is 2.16.